The molecule has 0 spiro atoms. The highest BCUT2D eigenvalue weighted by Gasteiger charge is 2.36. The predicted octanol–water partition coefficient (Wildman–Crippen LogP) is 3.51. The topological polar surface area (TPSA) is 88.1 Å². The van der Waals surface area contributed by atoms with E-state index in [0.29, 0.717) is 17.0 Å². The minimum atomic E-state index is -0.208. The lowest BCUT2D eigenvalue weighted by molar-refractivity contribution is 0.333. The first kappa shape index (κ1) is 16.1. The second-order valence-electron chi connectivity index (χ2n) is 7.42. The average Bonchev–Trinajstić information content (AvgIpc) is 3.38. The molecule has 8 nitrogen and oxygen atoms in total. The van der Waals surface area contributed by atoms with E-state index in [1.165, 1.54) is 6.42 Å². The predicted molar refractivity (Wildman–Crippen MR) is 103 cm³/mol. The van der Waals surface area contributed by atoms with Crippen molar-refractivity contribution in [2.75, 3.05) is 11.4 Å². The highest BCUT2D eigenvalue weighted by atomic mass is 35.5. The largest absolute Gasteiger partial charge is 0.408 e. The Labute approximate surface area is 165 Å². The van der Waals surface area contributed by atoms with Gasteiger partial charge in [-0.15, -0.1) is 5.10 Å². The third-order valence-corrected chi connectivity index (χ3v) is 6.12. The van der Waals surface area contributed by atoms with E-state index in [0.717, 1.165) is 54.3 Å². The third-order valence-electron chi connectivity index (χ3n) is 5.80. The Hall–Kier alpha value is -2.87. The quantitative estimate of drug-likeness (QED) is 0.571. The Balaban J connectivity index is 1.46. The zero-order valence-electron chi connectivity index (χ0n) is 15.0. The van der Waals surface area contributed by atoms with Crippen LogP contribution in [-0.2, 0) is 6.42 Å². The first-order valence-electron chi connectivity index (χ1n) is 9.54. The summed E-state index contributed by atoms with van der Waals surface area (Å²) < 4.78 is 7.87. The van der Waals surface area contributed by atoms with Crippen LogP contribution >= 0.6 is 11.6 Å². The van der Waals surface area contributed by atoms with Gasteiger partial charge in [0.15, 0.2) is 0 Å². The van der Waals surface area contributed by atoms with Crippen LogP contribution in [0.4, 0.5) is 6.01 Å². The molecule has 9 heteroatoms. The number of nitrogens with zero attached hydrogens (tertiary/aromatic N) is 6. The van der Waals surface area contributed by atoms with Crippen molar-refractivity contribution in [3.63, 3.8) is 0 Å². The van der Waals surface area contributed by atoms with Gasteiger partial charge >= 0.3 is 6.01 Å². The van der Waals surface area contributed by atoms with Gasteiger partial charge in [0.2, 0.25) is 5.89 Å². The van der Waals surface area contributed by atoms with Gasteiger partial charge in [-0.25, -0.2) is 9.50 Å². The first-order chi connectivity index (χ1) is 13.8. The van der Waals surface area contributed by atoms with Crippen molar-refractivity contribution < 1.29 is 4.42 Å². The van der Waals surface area contributed by atoms with Crippen molar-refractivity contribution in [2.45, 2.75) is 37.6 Å². The molecule has 1 saturated carbocycles. The molecule has 1 atom stereocenters. The zero-order valence-corrected chi connectivity index (χ0v) is 15.8. The Morgan fingerprint density at radius 1 is 1.25 bits per heavy atom. The molecule has 0 amide bonds. The molecular weight excluding hydrogens is 378 g/mol. The average molecular weight is 396 g/mol. The highest BCUT2D eigenvalue weighted by molar-refractivity contribution is 6.33. The summed E-state index contributed by atoms with van der Waals surface area (Å²) in [7, 11) is 0. The lowest BCUT2D eigenvalue weighted by Crippen LogP contribution is -2.37. The van der Waals surface area contributed by atoms with Gasteiger partial charge < -0.3 is 14.3 Å². The molecule has 0 unspecified atom stereocenters. The maximum atomic E-state index is 6.37. The molecule has 4 aromatic rings. The zero-order chi connectivity index (χ0) is 18.7. The van der Waals surface area contributed by atoms with Crippen molar-refractivity contribution in [2.24, 2.45) is 0 Å². The first-order valence-corrected chi connectivity index (χ1v) is 9.92. The van der Waals surface area contributed by atoms with Crippen molar-refractivity contribution in [3.05, 3.63) is 58.7 Å². The summed E-state index contributed by atoms with van der Waals surface area (Å²) in [5.74, 6) is 1.14. The van der Waals surface area contributed by atoms with E-state index < -0.39 is 0 Å². The Morgan fingerprint density at radius 2 is 2.18 bits per heavy atom. The number of nitrogens with one attached hydrogen (secondary N) is 1. The number of pyridine rings is 1. The molecule has 4 aromatic heterocycles. The van der Waals surface area contributed by atoms with E-state index in [-0.39, 0.29) is 6.04 Å². The van der Waals surface area contributed by atoms with Gasteiger partial charge in [-0.05, 0) is 31.0 Å². The number of aromatic nitrogens is 6. The summed E-state index contributed by atoms with van der Waals surface area (Å²) >= 11 is 6.37. The molecule has 0 radical (unpaired) electrons. The van der Waals surface area contributed by atoms with E-state index in [4.69, 9.17) is 21.1 Å². The number of rotatable bonds is 3. The Bertz CT molecular complexity index is 1160. The van der Waals surface area contributed by atoms with E-state index in [1.807, 2.05) is 24.4 Å². The molecule has 2 aliphatic rings. The Kier molecular flexibility index (Phi) is 3.49. The molecular formula is C19H18ClN7O. The number of imidazole rings is 1. The van der Waals surface area contributed by atoms with Crippen LogP contribution in [-0.4, -0.2) is 36.3 Å². The van der Waals surface area contributed by atoms with E-state index in [2.05, 4.69) is 25.1 Å². The monoisotopic (exact) mass is 395 g/mol. The molecule has 142 valence electrons. The molecule has 0 bridgehead atoms. The van der Waals surface area contributed by atoms with Gasteiger partial charge in [-0.3, -0.25) is 0 Å². The maximum absolute atomic E-state index is 6.37. The van der Waals surface area contributed by atoms with E-state index in [9.17, 15) is 0 Å². The van der Waals surface area contributed by atoms with Crippen LogP contribution in [0.3, 0.4) is 0 Å². The number of hydrogen-bond donors (Lipinski definition) is 1. The number of H-pyrrole nitrogens is 1. The second-order valence-corrected chi connectivity index (χ2v) is 7.83. The number of anilines is 1. The summed E-state index contributed by atoms with van der Waals surface area (Å²) in [4.78, 5) is 9.94. The fourth-order valence-corrected chi connectivity index (χ4v) is 4.29. The van der Waals surface area contributed by atoms with Gasteiger partial charge in [0.1, 0.15) is 6.04 Å². The Morgan fingerprint density at radius 3 is 3.00 bits per heavy atom. The summed E-state index contributed by atoms with van der Waals surface area (Å²) in [6.07, 6.45) is 7.94. The van der Waals surface area contributed by atoms with Gasteiger partial charge in [0, 0.05) is 30.8 Å². The van der Waals surface area contributed by atoms with Crippen LogP contribution in [0.5, 0.6) is 0 Å². The molecule has 5 heterocycles. The fraction of sp³-hybridized carbons (Fsp3) is 0.368. The summed E-state index contributed by atoms with van der Waals surface area (Å²) in [6.45, 7) is 0.744. The van der Waals surface area contributed by atoms with Crippen molar-refractivity contribution >= 4 is 23.1 Å². The minimum absolute atomic E-state index is 0.208. The van der Waals surface area contributed by atoms with Gasteiger partial charge in [0.05, 0.1) is 28.3 Å². The third kappa shape index (κ3) is 2.37. The summed E-state index contributed by atoms with van der Waals surface area (Å²) in [6, 6.07) is 6.08. The number of aromatic amines is 1. The van der Waals surface area contributed by atoms with Crippen LogP contribution in [0.1, 0.15) is 54.2 Å². The normalized spacial score (nSPS) is 19.8. The lowest BCUT2D eigenvalue weighted by Gasteiger charge is -2.32. The van der Waals surface area contributed by atoms with Crippen LogP contribution in [0, 0.1) is 0 Å². The fourth-order valence-electron chi connectivity index (χ4n) is 4.08. The molecule has 1 aliphatic heterocycles. The van der Waals surface area contributed by atoms with E-state index in [1.54, 1.807) is 10.8 Å². The highest BCUT2D eigenvalue weighted by Crippen LogP contribution is 2.40. The molecule has 6 rings (SSSR count). The molecule has 0 aromatic carbocycles. The van der Waals surface area contributed by atoms with Gasteiger partial charge in [-0.1, -0.05) is 23.1 Å². The van der Waals surface area contributed by atoms with Crippen molar-refractivity contribution in [3.8, 4) is 0 Å². The molecule has 1 aliphatic carbocycles. The van der Waals surface area contributed by atoms with Crippen molar-refractivity contribution in [1.29, 1.82) is 0 Å². The number of halogens is 1. The van der Waals surface area contributed by atoms with E-state index >= 15 is 0 Å². The smallest absolute Gasteiger partial charge is 0.319 e. The van der Waals surface area contributed by atoms with Gasteiger partial charge in [0.25, 0.3) is 0 Å². The summed E-state index contributed by atoms with van der Waals surface area (Å²) in [5.41, 5.74) is 3.77. The molecule has 0 saturated heterocycles. The maximum Gasteiger partial charge on any atom is 0.319 e. The SMILES string of the molecule is Clc1cccn2nc([C@@H]3c4nc[nH]c4CCN3c3nnc(C4CCC4)o3)cc12. The standard InChI is InChI=1S/C19H18ClN7O/c20-12-5-2-7-27-15(12)9-14(25-27)17-16-13(21-10-22-16)6-8-26(17)19-24-23-18(28-19)11-3-1-4-11/h2,5,7,9-11,17H,1,3-4,6,8H2,(H,21,22)/t17-/m1/s1. The lowest BCUT2D eigenvalue weighted by atomic mass is 9.85. The van der Waals surface area contributed by atoms with Crippen LogP contribution in [0.25, 0.3) is 5.52 Å². The number of fused-ring (bicyclic) bond motifs is 2. The van der Waals surface area contributed by atoms with Crippen LogP contribution < -0.4 is 4.90 Å². The summed E-state index contributed by atoms with van der Waals surface area (Å²) in [5, 5.41) is 14.1. The molecule has 28 heavy (non-hydrogen) atoms. The van der Waals surface area contributed by atoms with Crippen LogP contribution in [0.2, 0.25) is 5.02 Å². The minimum Gasteiger partial charge on any atom is -0.408 e. The number of hydrogen-bond acceptors (Lipinski definition) is 6. The molecule has 1 N–H and O–H groups in total. The second kappa shape index (κ2) is 6.07. The molecule has 1 fully saturated rings. The van der Waals surface area contributed by atoms with Crippen molar-refractivity contribution in [1.82, 2.24) is 29.8 Å². The van der Waals surface area contributed by atoms with Crippen LogP contribution in [0.15, 0.2) is 35.1 Å². The van der Waals surface area contributed by atoms with Gasteiger partial charge in [-0.2, -0.15) is 5.10 Å².